The molecule has 0 aliphatic carbocycles. The molecule has 9 nitrogen and oxygen atoms in total. The molecule has 0 bridgehead atoms. The van der Waals surface area contributed by atoms with Crippen LogP contribution in [0, 0.1) is 5.21 Å². The number of H-pyrrole nitrogens is 1. The Bertz CT molecular complexity index is 1510. The average Bonchev–Trinajstić information content (AvgIpc) is 3.31. The summed E-state index contributed by atoms with van der Waals surface area (Å²) in [6, 6.07) is 21.0. The first-order valence-electron chi connectivity index (χ1n) is 12.6. The Kier molecular flexibility index (Phi) is 6.11. The molecule has 2 amide bonds. The van der Waals surface area contributed by atoms with Crippen LogP contribution in [0.25, 0.3) is 10.9 Å². The molecule has 3 atom stereocenters. The van der Waals surface area contributed by atoms with Gasteiger partial charge in [0.1, 0.15) is 11.8 Å². The molecule has 0 spiro atoms. The van der Waals surface area contributed by atoms with E-state index in [9.17, 15) is 20.0 Å². The van der Waals surface area contributed by atoms with Gasteiger partial charge < -0.3 is 24.7 Å². The number of aromatic amines is 1. The summed E-state index contributed by atoms with van der Waals surface area (Å²) in [6.07, 6.45) is 1.02. The number of nitrogens with zero attached hydrogens (tertiary/aromatic N) is 2. The van der Waals surface area contributed by atoms with E-state index in [-0.39, 0.29) is 24.0 Å². The number of rotatable bonds is 6. The maximum atomic E-state index is 13.9. The van der Waals surface area contributed by atoms with Crippen LogP contribution in [0.1, 0.15) is 28.4 Å². The van der Waals surface area contributed by atoms with Crippen LogP contribution in [0.5, 0.6) is 5.75 Å². The maximum Gasteiger partial charge on any atom is 0.246 e. The number of methoxy groups -OCH3 is 1. The molecule has 1 fully saturated rings. The molecule has 9 heteroatoms. The van der Waals surface area contributed by atoms with Crippen LogP contribution >= 0.6 is 0 Å². The zero-order valence-corrected chi connectivity index (χ0v) is 20.9. The molecule has 1 saturated heterocycles. The number of carbonyl (C=O) groups excluding carboxylic acids is 2. The predicted molar refractivity (Wildman–Crippen MR) is 140 cm³/mol. The number of quaternary nitrogens is 1. The van der Waals surface area contributed by atoms with E-state index in [0.29, 0.717) is 24.9 Å². The first-order chi connectivity index (χ1) is 18.4. The van der Waals surface area contributed by atoms with Crippen molar-refractivity contribution in [2.45, 2.75) is 24.9 Å². The Hall–Kier alpha value is -4.18. The summed E-state index contributed by atoms with van der Waals surface area (Å²) in [5.41, 5.74) is 4.60. The molecule has 6 rings (SSSR count). The smallest absolute Gasteiger partial charge is 0.246 e. The fourth-order valence-electron chi connectivity index (χ4n) is 5.76. The highest BCUT2D eigenvalue weighted by Crippen LogP contribution is 2.42. The van der Waals surface area contributed by atoms with E-state index in [2.05, 4.69) is 4.98 Å². The van der Waals surface area contributed by atoms with Crippen LogP contribution in [0.3, 0.4) is 0 Å². The van der Waals surface area contributed by atoms with Crippen LogP contribution in [0.2, 0.25) is 0 Å². The Balaban J connectivity index is 1.37. The van der Waals surface area contributed by atoms with Gasteiger partial charge in [-0.15, -0.1) is 0 Å². The van der Waals surface area contributed by atoms with E-state index in [1.807, 2.05) is 54.6 Å². The number of hydrogen-bond acceptors (Lipinski definition) is 5. The van der Waals surface area contributed by atoms with Gasteiger partial charge in [-0.3, -0.25) is 9.59 Å². The second-order valence-corrected chi connectivity index (χ2v) is 9.77. The number of piperazine rings is 1. The van der Waals surface area contributed by atoms with Gasteiger partial charge in [0.05, 0.1) is 19.7 Å². The fraction of sp³-hybridized carbons (Fsp3) is 0.241. The molecule has 3 aromatic carbocycles. The second kappa shape index (κ2) is 9.60. The van der Waals surface area contributed by atoms with Crippen molar-refractivity contribution >= 4 is 28.4 Å². The van der Waals surface area contributed by atoms with Gasteiger partial charge in [-0.25, -0.2) is 5.21 Å². The molecule has 194 valence electrons. The normalized spacial score (nSPS) is 19.9. The lowest BCUT2D eigenvalue weighted by atomic mass is 9.86. The number of aromatic nitrogens is 1. The molecule has 0 radical (unpaired) electrons. The maximum absolute atomic E-state index is 13.9. The van der Waals surface area contributed by atoms with Crippen LogP contribution < -0.4 is 9.96 Å². The van der Waals surface area contributed by atoms with E-state index >= 15 is 0 Å². The third kappa shape index (κ3) is 4.10. The highest BCUT2D eigenvalue weighted by molar-refractivity contribution is 5.97. The third-order valence-corrected chi connectivity index (χ3v) is 7.62. The Morgan fingerprint density at radius 1 is 1.08 bits per heavy atom. The number of nitrogens with one attached hydrogen (secondary N) is 2. The van der Waals surface area contributed by atoms with Crippen molar-refractivity contribution < 1.29 is 24.8 Å². The quantitative estimate of drug-likeness (QED) is 0.344. The Morgan fingerprint density at radius 3 is 2.63 bits per heavy atom. The molecular weight excluding hydrogens is 484 g/mol. The van der Waals surface area contributed by atoms with E-state index in [0.717, 1.165) is 33.5 Å². The summed E-state index contributed by atoms with van der Waals surface area (Å²) in [6.45, 7) is 0.414. The summed E-state index contributed by atoms with van der Waals surface area (Å²) < 4.78 is 5.22. The first kappa shape index (κ1) is 24.2. The van der Waals surface area contributed by atoms with Gasteiger partial charge in [-0.2, -0.15) is 5.23 Å². The standard InChI is InChI=1S/C29H28N4O5/c1-38-21-11-9-18(10-12-21)13-14-31-17-26(34)32-25(29(31)35)16-23-22-7-2-3-8-24(22)30-27(23)28(32)19-5-4-6-20(15-19)33(36)37/h2-12,15,25,28,30,33,36H,13-14,16-17H2,1H3. The van der Waals surface area contributed by atoms with Crippen LogP contribution in [0.15, 0.2) is 72.8 Å². The van der Waals surface area contributed by atoms with E-state index in [1.165, 1.54) is 6.07 Å². The van der Waals surface area contributed by atoms with Crippen LogP contribution in [0.4, 0.5) is 5.69 Å². The number of amides is 2. The summed E-state index contributed by atoms with van der Waals surface area (Å²) >= 11 is 0. The lowest BCUT2D eigenvalue weighted by Crippen LogP contribution is -2.99. The number of para-hydroxylation sites is 1. The van der Waals surface area contributed by atoms with Crippen molar-refractivity contribution in [3.05, 3.63) is 100 Å². The molecule has 3 N–H and O–H groups in total. The fourth-order valence-corrected chi connectivity index (χ4v) is 5.76. The lowest BCUT2D eigenvalue weighted by Gasteiger charge is -2.47. The van der Waals surface area contributed by atoms with Gasteiger partial charge in [0, 0.05) is 41.7 Å². The SMILES string of the molecule is COc1ccc(CCN2CC(=O)N3C(Cc4c([nH]c5ccccc45)C3c3cccc([NH+]([O-])O)c3)C2=O)cc1. The minimum absolute atomic E-state index is 0.0177. The average molecular weight is 513 g/mol. The summed E-state index contributed by atoms with van der Waals surface area (Å²) in [5, 5.41) is 21.3. The molecule has 0 saturated carbocycles. The van der Waals surface area contributed by atoms with Crippen molar-refractivity contribution in [2.24, 2.45) is 0 Å². The summed E-state index contributed by atoms with van der Waals surface area (Å²) in [5.74, 6) is 0.524. The molecule has 2 aliphatic rings. The van der Waals surface area contributed by atoms with E-state index in [1.54, 1.807) is 29.0 Å². The third-order valence-electron chi connectivity index (χ3n) is 7.62. The summed E-state index contributed by atoms with van der Waals surface area (Å²) in [7, 11) is 1.62. The Morgan fingerprint density at radius 2 is 1.87 bits per heavy atom. The predicted octanol–water partition coefficient (Wildman–Crippen LogP) is 2.51. The second-order valence-electron chi connectivity index (χ2n) is 9.77. The summed E-state index contributed by atoms with van der Waals surface area (Å²) in [4.78, 5) is 34.3. The van der Waals surface area contributed by atoms with E-state index in [4.69, 9.17) is 4.74 Å². The minimum Gasteiger partial charge on any atom is -0.595 e. The van der Waals surface area contributed by atoms with Crippen LogP contribution in [-0.4, -0.2) is 58.0 Å². The highest BCUT2D eigenvalue weighted by atomic mass is 16.8. The van der Waals surface area contributed by atoms with Gasteiger partial charge in [0.25, 0.3) is 0 Å². The molecular formula is C29H28N4O5. The largest absolute Gasteiger partial charge is 0.595 e. The van der Waals surface area contributed by atoms with Gasteiger partial charge in [-0.05, 0) is 41.3 Å². The zero-order valence-electron chi connectivity index (χ0n) is 20.9. The van der Waals surface area contributed by atoms with Crippen molar-refractivity contribution in [3.63, 3.8) is 0 Å². The van der Waals surface area contributed by atoms with Gasteiger partial charge in [0.2, 0.25) is 11.8 Å². The van der Waals surface area contributed by atoms with Gasteiger partial charge >= 0.3 is 0 Å². The molecule has 3 heterocycles. The van der Waals surface area contributed by atoms with Crippen molar-refractivity contribution in [1.82, 2.24) is 14.8 Å². The molecule has 2 aliphatic heterocycles. The number of benzene rings is 3. The number of hydrogen-bond donors (Lipinski definition) is 3. The monoisotopic (exact) mass is 512 g/mol. The zero-order chi connectivity index (χ0) is 26.4. The minimum atomic E-state index is -1.04. The topological polar surface area (TPSA) is 113 Å². The molecule has 3 unspecified atom stereocenters. The number of carbonyl (C=O) groups is 2. The van der Waals surface area contributed by atoms with E-state index < -0.39 is 17.3 Å². The van der Waals surface area contributed by atoms with Crippen molar-refractivity contribution in [1.29, 1.82) is 0 Å². The number of fused-ring (bicyclic) bond motifs is 4. The molecule has 4 aromatic rings. The number of ether oxygens (including phenoxy) is 1. The van der Waals surface area contributed by atoms with Crippen molar-refractivity contribution in [3.8, 4) is 5.75 Å². The van der Waals surface area contributed by atoms with Gasteiger partial charge in [0.15, 0.2) is 5.69 Å². The van der Waals surface area contributed by atoms with Crippen molar-refractivity contribution in [2.75, 3.05) is 20.2 Å². The first-order valence-corrected chi connectivity index (χ1v) is 12.6. The van der Waals surface area contributed by atoms with Crippen LogP contribution in [-0.2, 0) is 22.4 Å². The molecule has 38 heavy (non-hydrogen) atoms. The lowest BCUT2D eigenvalue weighted by molar-refractivity contribution is -0.991. The highest BCUT2D eigenvalue weighted by Gasteiger charge is 2.48. The molecule has 1 aromatic heterocycles. The van der Waals surface area contributed by atoms with Gasteiger partial charge in [-0.1, -0.05) is 42.5 Å². The Labute approximate surface area is 219 Å².